The second-order valence-electron chi connectivity index (χ2n) is 7.06. The molecular weight excluding hydrogens is 338 g/mol. The number of hydrogen-bond acceptors (Lipinski definition) is 4. The van der Waals surface area contributed by atoms with E-state index in [9.17, 15) is 4.79 Å². The van der Waals surface area contributed by atoms with E-state index in [1.807, 2.05) is 24.3 Å². The number of fused-ring (bicyclic) bond motifs is 1. The van der Waals surface area contributed by atoms with Gasteiger partial charge in [0.1, 0.15) is 18.1 Å². The molecule has 1 atom stereocenters. The molecule has 1 heterocycles. The first-order valence-corrected chi connectivity index (χ1v) is 9.85. The predicted octanol–water partition coefficient (Wildman–Crippen LogP) is 4.35. The van der Waals surface area contributed by atoms with Crippen molar-refractivity contribution in [1.82, 2.24) is 4.90 Å². The van der Waals surface area contributed by atoms with E-state index in [2.05, 4.69) is 24.8 Å². The van der Waals surface area contributed by atoms with Gasteiger partial charge in [0, 0.05) is 11.6 Å². The van der Waals surface area contributed by atoms with Crippen molar-refractivity contribution in [3.8, 4) is 11.5 Å². The van der Waals surface area contributed by atoms with Crippen LogP contribution in [0.2, 0.25) is 0 Å². The first-order chi connectivity index (χ1) is 13.2. The summed E-state index contributed by atoms with van der Waals surface area (Å²) in [4.78, 5) is 15.5. The lowest BCUT2D eigenvalue weighted by molar-refractivity contribution is 0.101. The second-order valence-corrected chi connectivity index (χ2v) is 7.06. The molecule has 4 heteroatoms. The molecule has 0 saturated carbocycles. The Balaban J connectivity index is 1.83. The molecule has 0 amide bonds. The number of ketones is 1. The molecule has 0 bridgehead atoms. The van der Waals surface area contributed by atoms with Crippen molar-refractivity contribution in [1.29, 1.82) is 0 Å². The Morgan fingerprint density at radius 2 is 1.81 bits per heavy atom. The molecule has 144 valence electrons. The van der Waals surface area contributed by atoms with Crippen LogP contribution in [0.4, 0.5) is 0 Å². The van der Waals surface area contributed by atoms with Crippen LogP contribution in [0, 0.1) is 0 Å². The summed E-state index contributed by atoms with van der Waals surface area (Å²) in [5, 5.41) is 0. The number of benzene rings is 2. The van der Waals surface area contributed by atoms with Crippen molar-refractivity contribution in [2.75, 3.05) is 26.8 Å². The largest absolute Gasteiger partial charge is 0.497 e. The minimum absolute atomic E-state index is 0.00748. The first kappa shape index (κ1) is 19.4. The number of methoxy groups -OCH3 is 1. The zero-order valence-corrected chi connectivity index (χ0v) is 16.5. The number of ether oxygens (including phenoxy) is 2. The fraction of sp³-hybridized carbons (Fsp3) is 0.435. The van der Waals surface area contributed by atoms with E-state index in [0.717, 1.165) is 49.4 Å². The number of carbonyl (C=O) groups excluding carboxylic acids is 1. The Morgan fingerprint density at radius 3 is 2.44 bits per heavy atom. The predicted molar refractivity (Wildman–Crippen MR) is 108 cm³/mol. The van der Waals surface area contributed by atoms with E-state index < -0.39 is 0 Å². The highest BCUT2D eigenvalue weighted by Gasteiger charge is 2.28. The maximum atomic E-state index is 13.0. The molecule has 0 radical (unpaired) electrons. The van der Waals surface area contributed by atoms with Gasteiger partial charge in [-0.2, -0.15) is 0 Å². The third-order valence-corrected chi connectivity index (χ3v) is 5.11. The molecule has 1 aliphatic heterocycles. The number of nitrogens with zero attached hydrogens (tertiary/aromatic N) is 1. The van der Waals surface area contributed by atoms with Gasteiger partial charge in [0.15, 0.2) is 5.78 Å². The Morgan fingerprint density at radius 1 is 1.11 bits per heavy atom. The van der Waals surface area contributed by atoms with Crippen molar-refractivity contribution in [3.63, 3.8) is 0 Å². The van der Waals surface area contributed by atoms with Crippen LogP contribution in [0.5, 0.6) is 11.5 Å². The van der Waals surface area contributed by atoms with Gasteiger partial charge in [-0.3, -0.25) is 9.69 Å². The summed E-state index contributed by atoms with van der Waals surface area (Å²) < 4.78 is 11.3. The summed E-state index contributed by atoms with van der Waals surface area (Å²) in [6.07, 6.45) is 3.21. The standard InChI is InChI=1S/C23H29NO3/c1-4-13-24(14-5-2)19-15-18-7-6-8-21(23(18)27-16-19)22(25)17-9-11-20(26-3)12-10-17/h6-12,19H,4-5,13-16H2,1-3H3/t19-/m1/s1. The molecule has 2 aromatic carbocycles. The zero-order valence-electron chi connectivity index (χ0n) is 16.5. The minimum Gasteiger partial charge on any atom is -0.497 e. The summed E-state index contributed by atoms with van der Waals surface area (Å²) in [5.74, 6) is 1.49. The molecule has 27 heavy (non-hydrogen) atoms. The highest BCUT2D eigenvalue weighted by atomic mass is 16.5. The average molecular weight is 367 g/mol. The van der Waals surface area contributed by atoms with Gasteiger partial charge in [-0.1, -0.05) is 26.0 Å². The maximum Gasteiger partial charge on any atom is 0.196 e. The van der Waals surface area contributed by atoms with Gasteiger partial charge in [-0.05, 0) is 68.2 Å². The van der Waals surface area contributed by atoms with Crippen LogP contribution >= 0.6 is 0 Å². The number of hydrogen-bond donors (Lipinski definition) is 0. The average Bonchev–Trinajstić information content (AvgIpc) is 2.72. The van der Waals surface area contributed by atoms with Crippen LogP contribution in [-0.4, -0.2) is 43.5 Å². The molecule has 0 spiro atoms. The summed E-state index contributed by atoms with van der Waals surface area (Å²) in [6, 6.07) is 13.5. The molecule has 0 aromatic heterocycles. The monoisotopic (exact) mass is 367 g/mol. The van der Waals surface area contributed by atoms with Crippen LogP contribution in [0.25, 0.3) is 0 Å². The fourth-order valence-electron chi connectivity index (χ4n) is 3.77. The van der Waals surface area contributed by atoms with Gasteiger partial charge >= 0.3 is 0 Å². The third kappa shape index (κ3) is 4.33. The van der Waals surface area contributed by atoms with Crippen molar-refractivity contribution in [3.05, 3.63) is 59.2 Å². The normalized spacial score (nSPS) is 15.9. The lowest BCUT2D eigenvalue weighted by atomic mass is 9.94. The third-order valence-electron chi connectivity index (χ3n) is 5.11. The van der Waals surface area contributed by atoms with Gasteiger partial charge in [0.2, 0.25) is 0 Å². The second kappa shape index (κ2) is 9.05. The number of rotatable bonds is 8. The molecule has 0 fully saturated rings. The van der Waals surface area contributed by atoms with Crippen LogP contribution in [0.3, 0.4) is 0 Å². The zero-order chi connectivity index (χ0) is 19.2. The molecule has 0 unspecified atom stereocenters. The Hall–Kier alpha value is -2.33. The Labute approximate surface area is 162 Å². The van der Waals surface area contributed by atoms with Crippen LogP contribution < -0.4 is 9.47 Å². The van der Waals surface area contributed by atoms with E-state index in [-0.39, 0.29) is 5.78 Å². The maximum absolute atomic E-state index is 13.0. The van der Waals surface area contributed by atoms with Gasteiger partial charge in [-0.25, -0.2) is 0 Å². The molecule has 1 aliphatic rings. The highest BCUT2D eigenvalue weighted by Crippen LogP contribution is 2.32. The molecular formula is C23H29NO3. The van der Waals surface area contributed by atoms with E-state index in [1.165, 1.54) is 0 Å². The van der Waals surface area contributed by atoms with E-state index in [1.54, 1.807) is 19.2 Å². The molecule has 2 aromatic rings. The number of carbonyl (C=O) groups is 1. The summed E-state index contributed by atoms with van der Waals surface area (Å²) >= 11 is 0. The molecule has 0 saturated heterocycles. The van der Waals surface area contributed by atoms with E-state index in [0.29, 0.717) is 23.8 Å². The highest BCUT2D eigenvalue weighted by molar-refractivity contribution is 6.11. The topological polar surface area (TPSA) is 38.8 Å². The smallest absolute Gasteiger partial charge is 0.196 e. The van der Waals surface area contributed by atoms with Crippen molar-refractivity contribution < 1.29 is 14.3 Å². The summed E-state index contributed by atoms with van der Waals surface area (Å²) in [6.45, 7) is 7.24. The lowest BCUT2D eigenvalue weighted by Gasteiger charge is -2.35. The van der Waals surface area contributed by atoms with Gasteiger partial charge in [0.25, 0.3) is 0 Å². The number of para-hydroxylation sites is 1. The molecule has 0 N–H and O–H groups in total. The van der Waals surface area contributed by atoms with Gasteiger partial charge in [-0.15, -0.1) is 0 Å². The Kier molecular flexibility index (Phi) is 6.51. The minimum atomic E-state index is -0.00748. The van der Waals surface area contributed by atoms with Crippen molar-refractivity contribution >= 4 is 5.78 Å². The van der Waals surface area contributed by atoms with Crippen LogP contribution in [-0.2, 0) is 6.42 Å². The molecule has 4 nitrogen and oxygen atoms in total. The summed E-state index contributed by atoms with van der Waals surface area (Å²) in [7, 11) is 1.62. The Bertz CT molecular complexity index is 764. The molecule has 3 rings (SSSR count). The van der Waals surface area contributed by atoms with Gasteiger partial charge < -0.3 is 9.47 Å². The first-order valence-electron chi connectivity index (χ1n) is 9.85. The van der Waals surface area contributed by atoms with E-state index >= 15 is 0 Å². The summed E-state index contributed by atoms with van der Waals surface area (Å²) in [5.41, 5.74) is 2.42. The SMILES string of the molecule is CCCN(CCC)[C@H]1COc2c(cccc2C(=O)c2ccc(OC)cc2)C1. The van der Waals surface area contributed by atoms with E-state index in [4.69, 9.17) is 9.47 Å². The van der Waals surface area contributed by atoms with Crippen molar-refractivity contribution in [2.24, 2.45) is 0 Å². The van der Waals surface area contributed by atoms with Crippen LogP contribution in [0.15, 0.2) is 42.5 Å². The van der Waals surface area contributed by atoms with Gasteiger partial charge in [0.05, 0.1) is 12.7 Å². The van der Waals surface area contributed by atoms with Crippen LogP contribution in [0.1, 0.15) is 48.2 Å². The lowest BCUT2D eigenvalue weighted by Crippen LogP contribution is -2.44. The quantitative estimate of drug-likeness (QED) is 0.650. The molecule has 0 aliphatic carbocycles. The fourth-order valence-corrected chi connectivity index (χ4v) is 3.77. The van der Waals surface area contributed by atoms with Crippen molar-refractivity contribution in [2.45, 2.75) is 39.2 Å².